The Morgan fingerprint density at radius 2 is 2.14 bits per heavy atom. The van der Waals surface area contributed by atoms with Crippen molar-refractivity contribution in [3.63, 3.8) is 0 Å². The van der Waals surface area contributed by atoms with Gasteiger partial charge in [0.05, 0.1) is 14.4 Å². The van der Waals surface area contributed by atoms with Gasteiger partial charge in [0.2, 0.25) is 5.91 Å². The monoisotopic (exact) mass is 370 g/mol. The molecule has 0 radical (unpaired) electrons. The number of nitro benzene ring substituents is 1. The molecule has 8 heteroatoms. The first-order chi connectivity index (χ1) is 9.95. The maximum absolute atomic E-state index is 13.5. The van der Waals surface area contributed by atoms with Crippen LogP contribution < -0.4 is 5.32 Å². The van der Waals surface area contributed by atoms with E-state index in [1.807, 2.05) is 12.1 Å². The molecule has 0 spiro atoms. The van der Waals surface area contributed by atoms with Crippen molar-refractivity contribution in [2.45, 2.75) is 0 Å². The maximum Gasteiger partial charge on any atom is 0.271 e. The molecule has 21 heavy (non-hydrogen) atoms. The molecule has 5 nitrogen and oxygen atoms in total. The average molecular weight is 371 g/mol. The molecule has 1 heterocycles. The van der Waals surface area contributed by atoms with Crippen molar-refractivity contribution in [1.82, 2.24) is 0 Å². The average Bonchev–Trinajstić information content (AvgIpc) is 2.84. The van der Waals surface area contributed by atoms with Crippen LogP contribution in [0.3, 0.4) is 0 Å². The molecule has 0 aliphatic heterocycles. The highest BCUT2D eigenvalue weighted by molar-refractivity contribution is 9.11. The van der Waals surface area contributed by atoms with Gasteiger partial charge >= 0.3 is 0 Å². The van der Waals surface area contributed by atoms with Gasteiger partial charge in [0.15, 0.2) is 0 Å². The molecule has 1 N–H and O–H groups in total. The maximum atomic E-state index is 13.5. The van der Waals surface area contributed by atoms with Crippen LogP contribution in [0.2, 0.25) is 0 Å². The third-order valence-corrected chi connectivity index (χ3v) is 4.00. The largest absolute Gasteiger partial charge is 0.320 e. The number of nitrogens with one attached hydrogen (secondary N) is 1. The summed E-state index contributed by atoms with van der Waals surface area (Å²) in [4.78, 5) is 22.5. The third-order valence-electron chi connectivity index (χ3n) is 2.41. The fourth-order valence-corrected chi connectivity index (χ4v) is 2.80. The molecule has 2 rings (SSSR count). The van der Waals surface area contributed by atoms with E-state index < -0.39 is 16.6 Å². The van der Waals surface area contributed by atoms with Crippen molar-refractivity contribution in [2.75, 3.05) is 5.32 Å². The number of amides is 1. The summed E-state index contributed by atoms with van der Waals surface area (Å²) in [6.45, 7) is 0. The normalized spacial score (nSPS) is 10.8. The zero-order valence-corrected chi connectivity index (χ0v) is 12.8. The number of carbonyl (C=O) groups is 1. The third kappa shape index (κ3) is 4.20. The van der Waals surface area contributed by atoms with Crippen LogP contribution in [0.25, 0.3) is 6.08 Å². The summed E-state index contributed by atoms with van der Waals surface area (Å²) in [5, 5.41) is 12.9. The molecule has 0 bridgehead atoms. The van der Waals surface area contributed by atoms with E-state index in [-0.39, 0.29) is 11.4 Å². The van der Waals surface area contributed by atoms with Crippen LogP contribution in [0.4, 0.5) is 15.8 Å². The van der Waals surface area contributed by atoms with Crippen LogP contribution in [-0.2, 0) is 4.79 Å². The Bertz CT molecular complexity index is 730. The summed E-state index contributed by atoms with van der Waals surface area (Å²) in [5.41, 5.74) is -0.524. The van der Waals surface area contributed by atoms with Gasteiger partial charge in [0.25, 0.3) is 5.69 Å². The van der Waals surface area contributed by atoms with E-state index >= 15 is 0 Å². The zero-order chi connectivity index (χ0) is 15.4. The number of nitrogens with zero attached hydrogens (tertiary/aromatic N) is 1. The summed E-state index contributed by atoms with van der Waals surface area (Å²) in [7, 11) is 0. The number of non-ortho nitro benzene ring substituents is 1. The summed E-state index contributed by atoms with van der Waals surface area (Å²) in [5.74, 6) is -1.31. The lowest BCUT2D eigenvalue weighted by atomic mass is 10.2. The second-order valence-electron chi connectivity index (χ2n) is 3.89. The molecule has 0 unspecified atom stereocenters. The van der Waals surface area contributed by atoms with Gasteiger partial charge < -0.3 is 5.32 Å². The molecule has 0 aliphatic carbocycles. The number of halogens is 2. The molecule has 0 saturated heterocycles. The van der Waals surface area contributed by atoms with E-state index in [1.54, 1.807) is 6.08 Å². The number of thiophene rings is 1. The predicted molar refractivity (Wildman–Crippen MR) is 82.7 cm³/mol. The molecular weight excluding hydrogens is 363 g/mol. The molecule has 0 atom stereocenters. The van der Waals surface area contributed by atoms with Gasteiger partial charge in [-0.3, -0.25) is 14.9 Å². The minimum atomic E-state index is -0.735. The van der Waals surface area contributed by atoms with Crippen LogP contribution in [0.1, 0.15) is 4.88 Å². The number of benzene rings is 1. The van der Waals surface area contributed by atoms with Crippen LogP contribution in [-0.4, -0.2) is 10.8 Å². The van der Waals surface area contributed by atoms with E-state index in [2.05, 4.69) is 21.2 Å². The number of nitro groups is 1. The highest BCUT2D eigenvalue weighted by Gasteiger charge is 2.12. The Morgan fingerprint density at radius 1 is 1.38 bits per heavy atom. The smallest absolute Gasteiger partial charge is 0.271 e. The van der Waals surface area contributed by atoms with Gasteiger partial charge in [-0.2, -0.15) is 0 Å². The van der Waals surface area contributed by atoms with Gasteiger partial charge in [0.1, 0.15) is 5.82 Å². The van der Waals surface area contributed by atoms with Gasteiger partial charge in [-0.1, -0.05) is 0 Å². The first-order valence-corrected chi connectivity index (χ1v) is 7.25. The van der Waals surface area contributed by atoms with Gasteiger partial charge in [-0.05, 0) is 40.2 Å². The standard InChI is InChI=1S/C13H8BrFN2O3S/c14-12-5-2-9(21-12)3-6-13(18)16-11-7-8(17(19)20)1-4-10(11)15/h1-7H,(H,16,18)/b6-3+. The molecular formula is C13H8BrFN2O3S. The zero-order valence-electron chi connectivity index (χ0n) is 10.4. The Balaban J connectivity index is 2.10. The number of anilines is 1. The molecule has 0 aliphatic rings. The lowest BCUT2D eigenvalue weighted by molar-refractivity contribution is -0.384. The molecule has 1 aromatic carbocycles. The predicted octanol–water partition coefficient (Wildman–Crippen LogP) is 4.21. The van der Waals surface area contributed by atoms with E-state index in [9.17, 15) is 19.3 Å². The van der Waals surface area contributed by atoms with E-state index in [0.29, 0.717) is 0 Å². The van der Waals surface area contributed by atoms with E-state index in [4.69, 9.17) is 0 Å². The van der Waals surface area contributed by atoms with Crippen LogP contribution in [0.15, 0.2) is 40.2 Å². The fourth-order valence-electron chi connectivity index (χ4n) is 1.47. The van der Waals surface area contributed by atoms with Gasteiger partial charge in [-0.25, -0.2) is 4.39 Å². The van der Waals surface area contributed by atoms with Crippen molar-refractivity contribution in [3.8, 4) is 0 Å². The van der Waals surface area contributed by atoms with E-state index in [1.165, 1.54) is 17.4 Å². The summed E-state index contributed by atoms with van der Waals surface area (Å²) in [6, 6.07) is 6.59. The van der Waals surface area contributed by atoms with Crippen molar-refractivity contribution in [2.24, 2.45) is 0 Å². The second-order valence-corrected chi connectivity index (χ2v) is 6.38. The van der Waals surface area contributed by atoms with Gasteiger partial charge in [-0.15, -0.1) is 11.3 Å². The van der Waals surface area contributed by atoms with Crippen molar-refractivity contribution >= 4 is 50.6 Å². The molecule has 2 aromatic rings. The summed E-state index contributed by atoms with van der Waals surface area (Å²) < 4.78 is 14.4. The highest BCUT2D eigenvalue weighted by atomic mass is 79.9. The molecule has 1 aromatic heterocycles. The topological polar surface area (TPSA) is 72.2 Å². The van der Waals surface area contributed by atoms with Crippen LogP contribution >= 0.6 is 27.3 Å². The van der Waals surface area contributed by atoms with Crippen molar-refractivity contribution < 1.29 is 14.1 Å². The lowest BCUT2D eigenvalue weighted by Crippen LogP contribution is -2.09. The minimum Gasteiger partial charge on any atom is -0.320 e. The minimum absolute atomic E-state index is 0.230. The lowest BCUT2D eigenvalue weighted by Gasteiger charge is -2.03. The Hall–Kier alpha value is -2.06. The summed E-state index contributed by atoms with van der Waals surface area (Å²) in [6.07, 6.45) is 2.80. The molecule has 108 valence electrons. The number of hydrogen-bond acceptors (Lipinski definition) is 4. The van der Waals surface area contributed by atoms with Crippen molar-refractivity contribution in [1.29, 1.82) is 0 Å². The Labute approximate surface area is 131 Å². The number of carbonyl (C=O) groups excluding carboxylic acids is 1. The Morgan fingerprint density at radius 3 is 2.76 bits per heavy atom. The molecule has 0 saturated carbocycles. The first kappa shape index (κ1) is 15.3. The molecule has 1 amide bonds. The van der Waals surface area contributed by atoms with Crippen molar-refractivity contribution in [3.05, 3.63) is 61.0 Å². The number of rotatable bonds is 4. The van der Waals surface area contributed by atoms with E-state index in [0.717, 1.165) is 26.9 Å². The fraction of sp³-hybridized carbons (Fsp3) is 0. The second kappa shape index (κ2) is 6.59. The first-order valence-electron chi connectivity index (χ1n) is 5.64. The van der Waals surface area contributed by atoms with Gasteiger partial charge in [0, 0.05) is 23.1 Å². The quantitative estimate of drug-likeness (QED) is 0.497. The Kier molecular flexibility index (Phi) is 4.81. The SMILES string of the molecule is O=C(/C=C/c1ccc(Br)s1)Nc1cc([N+](=O)[O-])ccc1F. The van der Waals surface area contributed by atoms with Crippen LogP contribution in [0.5, 0.6) is 0 Å². The van der Waals surface area contributed by atoms with Crippen LogP contribution in [0, 0.1) is 15.9 Å². The number of hydrogen-bond donors (Lipinski definition) is 1. The summed E-state index contributed by atoms with van der Waals surface area (Å²) >= 11 is 4.73. The molecule has 0 fully saturated rings. The highest BCUT2D eigenvalue weighted by Crippen LogP contribution is 2.23.